The summed E-state index contributed by atoms with van der Waals surface area (Å²) in [7, 11) is 0. The lowest BCUT2D eigenvalue weighted by molar-refractivity contribution is -0.138. The highest BCUT2D eigenvalue weighted by Gasteiger charge is 2.05. The summed E-state index contributed by atoms with van der Waals surface area (Å²) in [4.78, 5) is 30.6. The first-order valence-electron chi connectivity index (χ1n) is 7.79. The van der Waals surface area contributed by atoms with Gasteiger partial charge in [-0.2, -0.15) is 0 Å². The molecule has 0 spiro atoms. The van der Waals surface area contributed by atoms with E-state index in [1.165, 1.54) is 12.1 Å². The molecule has 0 aliphatic rings. The zero-order valence-electron chi connectivity index (χ0n) is 13.5. The molecule has 4 N–H and O–H groups in total. The molecule has 0 bridgehead atoms. The molecule has 134 valence electrons. The van der Waals surface area contributed by atoms with Crippen LogP contribution in [0.1, 0.15) is 61.7 Å². The van der Waals surface area contributed by atoms with Gasteiger partial charge in [-0.3, -0.25) is 9.59 Å². The fourth-order valence-corrected chi connectivity index (χ4v) is 1.91. The standard InChI is InChI=1S/C10H18O4.C7H6O3/c11-9(12)7-5-3-1-2-4-6-8-10(13)14;8-6-4-2-1-3-5(6)7(9)10/h1-8H2,(H,11,12)(H,13,14);1-4,8H,(H,9,10). The molecule has 1 aromatic rings. The molecule has 7 nitrogen and oxygen atoms in total. The summed E-state index contributed by atoms with van der Waals surface area (Å²) in [5.74, 6) is -2.79. The van der Waals surface area contributed by atoms with Crippen molar-refractivity contribution in [2.24, 2.45) is 0 Å². The van der Waals surface area contributed by atoms with Crippen molar-refractivity contribution < 1.29 is 34.8 Å². The third-order valence-electron chi connectivity index (χ3n) is 3.17. The molecule has 0 heterocycles. The minimum atomic E-state index is -1.11. The first-order chi connectivity index (χ1) is 11.3. The molecule has 24 heavy (non-hydrogen) atoms. The van der Waals surface area contributed by atoms with E-state index in [1.807, 2.05) is 0 Å². The fourth-order valence-electron chi connectivity index (χ4n) is 1.91. The molecule has 0 radical (unpaired) electrons. The van der Waals surface area contributed by atoms with Crippen LogP contribution in [0.15, 0.2) is 24.3 Å². The Kier molecular flexibility index (Phi) is 11.5. The quantitative estimate of drug-likeness (QED) is 0.480. The molecular formula is C17H24O7. The smallest absolute Gasteiger partial charge is 0.339 e. The van der Waals surface area contributed by atoms with Gasteiger partial charge in [-0.05, 0) is 25.0 Å². The molecule has 0 aromatic heterocycles. The maximum absolute atomic E-state index is 10.3. The predicted octanol–water partition coefficient (Wildman–Crippen LogP) is 3.37. The number of aromatic carboxylic acids is 1. The summed E-state index contributed by atoms with van der Waals surface area (Å²) in [6, 6.07) is 5.81. The largest absolute Gasteiger partial charge is 0.507 e. The second-order valence-corrected chi connectivity index (χ2v) is 5.23. The van der Waals surface area contributed by atoms with Crippen LogP contribution in [-0.4, -0.2) is 38.3 Å². The van der Waals surface area contributed by atoms with Crippen LogP contribution in [0.25, 0.3) is 0 Å². The number of rotatable bonds is 10. The van der Waals surface area contributed by atoms with Crippen LogP contribution in [0.5, 0.6) is 5.75 Å². The minimum absolute atomic E-state index is 0.0671. The van der Waals surface area contributed by atoms with Crippen molar-refractivity contribution in [3.05, 3.63) is 29.8 Å². The van der Waals surface area contributed by atoms with E-state index in [0.29, 0.717) is 0 Å². The molecule has 7 heteroatoms. The number of aliphatic carboxylic acids is 2. The number of hydrogen-bond acceptors (Lipinski definition) is 4. The van der Waals surface area contributed by atoms with Crippen molar-refractivity contribution in [3.8, 4) is 5.75 Å². The molecule has 1 rings (SSSR count). The lowest BCUT2D eigenvalue weighted by atomic mass is 10.1. The summed E-state index contributed by atoms with van der Waals surface area (Å²) >= 11 is 0. The van der Waals surface area contributed by atoms with Crippen LogP contribution < -0.4 is 0 Å². The number of para-hydroxylation sites is 1. The number of phenols is 1. The van der Waals surface area contributed by atoms with Crippen molar-refractivity contribution >= 4 is 17.9 Å². The highest BCUT2D eigenvalue weighted by atomic mass is 16.4. The maximum atomic E-state index is 10.3. The Morgan fingerprint density at radius 1 is 0.708 bits per heavy atom. The van der Waals surface area contributed by atoms with Gasteiger partial charge in [0.25, 0.3) is 0 Å². The van der Waals surface area contributed by atoms with E-state index in [-0.39, 0.29) is 24.2 Å². The molecule has 1 aromatic carbocycles. The highest BCUT2D eigenvalue weighted by molar-refractivity contribution is 5.90. The molecule has 0 aliphatic heterocycles. The maximum Gasteiger partial charge on any atom is 0.339 e. The van der Waals surface area contributed by atoms with Crippen LogP contribution in [0.3, 0.4) is 0 Å². The molecule has 0 atom stereocenters. The summed E-state index contributed by atoms with van der Waals surface area (Å²) in [5, 5.41) is 34.0. The Labute approximate surface area is 140 Å². The van der Waals surface area contributed by atoms with E-state index in [0.717, 1.165) is 38.5 Å². The van der Waals surface area contributed by atoms with E-state index in [4.69, 9.17) is 20.4 Å². The van der Waals surface area contributed by atoms with Crippen LogP contribution in [0.2, 0.25) is 0 Å². The first kappa shape index (κ1) is 21.4. The van der Waals surface area contributed by atoms with Gasteiger partial charge in [-0.15, -0.1) is 0 Å². The average molecular weight is 340 g/mol. The highest BCUT2D eigenvalue weighted by Crippen LogP contribution is 2.14. The van der Waals surface area contributed by atoms with E-state index in [2.05, 4.69) is 0 Å². The number of benzene rings is 1. The molecule has 0 aliphatic carbocycles. The fraction of sp³-hybridized carbons (Fsp3) is 0.471. The molecule has 0 fully saturated rings. The topological polar surface area (TPSA) is 132 Å². The molecule has 0 unspecified atom stereocenters. The van der Waals surface area contributed by atoms with Crippen molar-refractivity contribution in [3.63, 3.8) is 0 Å². The van der Waals surface area contributed by atoms with Gasteiger partial charge in [0.1, 0.15) is 11.3 Å². The van der Waals surface area contributed by atoms with Crippen molar-refractivity contribution in [1.29, 1.82) is 0 Å². The Morgan fingerprint density at radius 3 is 1.46 bits per heavy atom. The van der Waals surface area contributed by atoms with E-state index in [1.54, 1.807) is 12.1 Å². The number of aromatic hydroxyl groups is 1. The second-order valence-electron chi connectivity index (χ2n) is 5.23. The number of unbranched alkanes of at least 4 members (excludes halogenated alkanes) is 5. The van der Waals surface area contributed by atoms with Crippen molar-refractivity contribution in [2.75, 3.05) is 0 Å². The predicted molar refractivity (Wildman–Crippen MR) is 87.3 cm³/mol. The number of hydrogen-bond donors (Lipinski definition) is 4. The molecule has 0 saturated carbocycles. The van der Waals surface area contributed by atoms with Crippen LogP contribution in [-0.2, 0) is 9.59 Å². The monoisotopic (exact) mass is 340 g/mol. The zero-order valence-corrected chi connectivity index (χ0v) is 13.5. The van der Waals surface area contributed by atoms with Crippen molar-refractivity contribution in [1.82, 2.24) is 0 Å². The summed E-state index contributed by atoms with van der Waals surface area (Å²) in [6.45, 7) is 0. The Hall–Kier alpha value is -2.57. The summed E-state index contributed by atoms with van der Waals surface area (Å²) in [5.41, 5.74) is -0.0671. The van der Waals surface area contributed by atoms with Gasteiger partial charge in [0.2, 0.25) is 0 Å². The summed E-state index contributed by atoms with van der Waals surface area (Å²) in [6.07, 6.45) is 5.82. The lowest BCUT2D eigenvalue weighted by Gasteiger charge is -1.98. The normalized spacial score (nSPS) is 9.67. The van der Waals surface area contributed by atoms with Gasteiger partial charge in [0, 0.05) is 12.8 Å². The van der Waals surface area contributed by atoms with Crippen LogP contribution >= 0.6 is 0 Å². The number of carbonyl (C=O) groups is 3. The van der Waals surface area contributed by atoms with Crippen LogP contribution in [0.4, 0.5) is 0 Å². The Balaban J connectivity index is 0.000000463. The Bertz CT molecular complexity index is 505. The third-order valence-corrected chi connectivity index (χ3v) is 3.17. The van der Waals surface area contributed by atoms with E-state index >= 15 is 0 Å². The zero-order chi connectivity index (χ0) is 18.4. The summed E-state index contributed by atoms with van der Waals surface area (Å²) < 4.78 is 0. The van der Waals surface area contributed by atoms with Gasteiger partial charge in [-0.25, -0.2) is 4.79 Å². The van der Waals surface area contributed by atoms with Gasteiger partial charge < -0.3 is 20.4 Å². The third kappa shape index (κ3) is 12.0. The van der Waals surface area contributed by atoms with Crippen molar-refractivity contribution in [2.45, 2.75) is 51.4 Å². The van der Waals surface area contributed by atoms with E-state index < -0.39 is 17.9 Å². The lowest BCUT2D eigenvalue weighted by Crippen LogP contribution is -1.95. The van der Waals surface area contributed by atoms with Crippen LogP contribution in [0, 0.1) is 0 Å². The van der Waals surface area contributed by atoms with Gasteiger partial charge in [0.15, 0.2) is 0 Å². The van der Waals surface area contributed by atoms with Gasteiger partial charge >= 0.3 is 17.9 Å². The van der Waals surface area contributed by atoms with E-state index in [9.17, 15) is 14.4 Å². The molecular weight excluding hydrogens is 316 g/mol. The molecule has 0 saturated heterocycles. The minimum Gasteiger partial charge on any atom is -0.507 e. The van der Waals surface area contributed by atoms with Gasteiger partial charge in [0.05, 0.1) is 0 Å². The average Bonchev–Trinajstić information content (AvgIpc) is 2.50. The Morgan fingerprint density at radius 2 is 1.12 bits per heavy atom. The SMILES string of the molecule is O=C(O)CCCCCCCCC(=O)O.O=C(O)c1ccccc1O. The molecule has 0 amide bonds. The number of carboxylic acid groups (broad SMARTS) is 3. The first-order valence-corrected chi connectivity index (χ1v) is 7.79. The number of carboxylic acids is 3. The van der Waals surface area contributed by atoms with Gasteiger partial charge in [-0.1, -0.05) is 37.8 Å². The second kappa shape index (κ2) is 12.9.